The molecule has 3 rings (SSSR count). The van der Waals surface area contributed by atoms with Crippen molar-refractivity contribution in [2.24, 2.45) is 11.8 Å². The van der Waals surface area contributed by atoms with E-state index >= 15 is 0 Å². The van der Waals surface area contributed by atoms with E-state index in [2.05, 4.69) is 10.6 Å². The van der Waals surface area contributed by atoms with Gasteiger partial charge in [-0.3, -0.25) is 0 Å². The molecule has 3 atom stereocenters. The summed E-state index contributed by atoms with van der Waals surface area (Å²) in [6.45, 7) is 2.68. The molecule has 0 aliphatic heterocycles. The van der Waals surface area contributed by atoms with Gasteiger partial charge in [0.1, 0.15) is 5.75 Å². The predicted octanol–water partition coefficient (Wildman–Crippen LogP) is 3.56. The zero-order valence-corrected chi connectivity index (χ0v) is 12.7. The zero-order valence-electron chi connectivity index (χ0n) is 11.9. The second kappa shape index (κ2) is 6.00. The maximum Gasteiger partial charge on any atom is 0.171 e. The van der Waals surface area contributed by atoms with Crippen molar-refractivity contribution in [1.29, 1.82) is 0 Å². The Morgan fingerprint density at radius 3 is 2.65 bits per heavy atom. The summed E-state index contributed by atoms with van der Waals surface area (Å²) >= 11 is 5.42. The van der Waals surface area contributed by atoms with E-state index in [0.29, 0.717) is 12.6 Å². The van der Waals surface area contributed by atoms with Crippen molar-refractivity contribution in [1.82, 2.24) is 5.32 Å². The summed E-state index contributed by atoms with van der Waals surface area (Å²) in [4.78, 5) is 0. The second-order valence-electron chi connectivity index (χ2n) is 5.84. The molecule has 0 aromatic heterocycles. The minimum atomic E-state index is 0.580. The monoisotopic (exact) mass is 290 g/mol. The van der Waals surface area contributed by atoms with E-state index in [-0.39, 0.29) is 0 Å². The molecule has 2 N–H and O–H groups in total. The van der Waals surface area contributed by atoms with Crippen LogP contribution < -0.4 is 15.4 Å². The topological polar surface area (TPSA) is 33.3 Å². The first-order valence-corrected chi connectivity index (χ1v) is 7.96. The first-order chi connectivity index (χ1) is 9.74. The molecular formula is C16H22N2OS. The standard InChI is InChI=1S/C16H22N2OS/c1-2-19-14-7-5-13(6-8-14)17-16(20)18-15-10-11-3-4-12(15)9-11/h5-8,11-12,15H,2-4,9-10H2,1H3,(H2,17,18,20)/t11-,12-,15-/m1/s1. The SMILES string of the molecule is CCOc1ccc(NC(=S)N[C@@H]2C[C@@H]3CC[C@@H]2C3)cc1. The molecule has 1 aromatic carbocycles. The number of thiocarbonyl (C=S) groups is 1. The average molecular weight is 290 g/mol. The maximum absolute atomic E-state index is 5.43. The molecule has 0 radical (unpaired) electrons. The Hall–Kier alpha value is -1.29. The van der Waals surface area contributed by atoms with Crippen molar-refractivity contribution in [2.45, 2.75) is 38.6 Å². The molecule has 2 bridgehead atoms. The number of benzene rings is 1. The Kier molecular flexibility index (Phi) is 4.10. The third kappa shape index (κ3) is 3.06. The molecule has 20 heavy (non-hydrogen) atoms. The molecule has 0 unspecified atom stereocenters. The molecule has 0 heterocycles. The van der Waals surface area contributed by atoms with Gasteiger partial charge in [-0.25, -0.2) is 0 Å². The smallest absolute Gasteiger partial charge is 0.171 e. The van der Waals surface area contributed by atoms with Gasteiger partial charge in [0.05, 0.1) is 6.61 Å². The maximum atomic E-state index is 5.43. The molecule has 2 saturated carbocycles. The molecular weight excluding hydrogens is 268 g/mol. The molecule has 0 saturated heterocycles. The molecule has 3 nitrogen and oxygen atoms in total. The normalized spacial score (nSPS) is 27.4. The van der Waals surface area contributed by atoms with Gasteiger partial charge in [-0.15, -0.1) is 0 Å². The van der Waals surface area contributed by atoms with Gasteiger partial charge >= 0.3 is 0 Å². The second-order valence-corrected chi connectivity index (χ2v) is 6.25. The summed E-state index contributed by atoms with van der Waals surface area (Å²) in [5.74, 6) is 2.66. The lowest BCUT2D eigenvalue weighted by molar-refractivity contribution is 0.340. The number of anilines is 1. The zero-order chi connectivity index (χ0) is 13.9. The largest absolute Gasteiger partial charge is 0.494 e. The van der Waals surface area contributed by atoms with Crippen LogP contribution in [0, 0.1) is 11.8 Å². The van der Waals surface area contributed by atoms with Crippen molar-refractivity contribution in [3.05, 3.63) is 24.3 Å². The molecule has 4 heteroatoms. The quantitative estimate of drug-likeness (QED) is 0.831. The summed E-state index contributed by atoms with van der Waals surface area (Å²) in [5, 5.41) is 7.49. The number of hydrogen-bond acceptors (Lipinski definition) is 2. The molecule has 2 fully saturated rings. The molecule has 2 aliphatic rings. The molecule has 0 spiro atoms. The highest BCUT2D eigenvalue weighted by Crippen LogP contribution is 2.44. The van der Waals surface area contributed by atoms with Crippen LogP contribution in [-0.4, -0.2) is 17.8 Å². The summed E-state index contributed by atoms with van der Waals surface area (Å²) in [5.41, 5.74) is 1.01. The minimum absolute atomic E-state index is 0.580. The van der Waals surface area contributed by atoms with Crippen LogP contribution in [0.15, 0.2) is 24.3 Å². The Morgan fingerprint density at radius 1 is 1.25 bits per heavy atom. The Bertz CT molecular complexity index is 474. The van der Waals surface area contributed by atoms with Crippen molar-refractivity contribution in [2.75, 3.05) is 11.9 Å². The fourth-order valence-electron chi connectivity index (χ4n) is 3.56. The number of hydrogen-bond donors (Lipinski definition) is 2. The summed E-state index contributed by atoms with van der Waals surface area (Å²) in [7, 11) is 0. The van der Waals surface area contributed by atoms with Crippen LogP contribution in [0.1, 0.15) is 32.6 Å². The van der Waals surface area contributed by atoms with Gasteiger partial charge in [0.2, 0.25) is 0 Å². The number of nitrogens with one attached hydrogen (secondary N) is 2. The summed E-state index contributed by atoms with van der Waals surface area (Å²) in [6.07, 6.45) is 5.47. The summed E-state index contributed by atoms with van der Waals surface area (Å²) in [6, 6.07) is 8.51. The van der Waals surface area contributed by atoms with Crippen LogP contribution in [0.3, 0.4) is 0 Å². The third-order valence-electron chi connectivity index (χ3n) is 4.48. The van der Waals surface area contributed by atoms with E-state index < -0.39 is 0 Å². The molecule has 2 aliphatic carbocycles. The van der Waals surface area contributed by atoms with Crippen LogP contribution in [0.5, 0.6) is 5.75 Å². The number of rotatable bonds is 4. The van der Waals surface area contributed by atoms with E-state index in [1.54, 1.807) is 0 Å². The van der Waals surface area contributed by atoms with Crippen molar-refractivity contribution < 1.29 is 4.74 Å². The van der Waals surface area contributed by atoms with E-state index in [4.69, 9.17) is 17.0 Å². The van der Waals surface area contributed by atoms with E-state index in [1.807, 2.05) is 31.2 Å². The van der Waals surface area contributed by atoms with Crippen molar-refractivity contribution >= 4 is 23.0 Å². The molecule has 108 valence electrons. The van der Waals surface area contributed by atoms with Gasteiger partial charge in [-0.1, -0.05) is 6.42 Å². The van der Waals surface area contributed by atoms with E-state index in [9.17, 15) is 0 Å². The fraction of sp³-hybridized carbons (Fsp3) is 0.562. The lowest BCUT2D eigenvalue weighted by atomic mass is 9.96. The molecule has 1 aromatic rings. The predicted molar refractivity (Wildman–Crippen MR) is 86.2 cm³/mol. The average Bonchev–Trinajstić information content (AvgIpc) is 3.03. The molecule has 0 amide bonds. The van der Waals surface area contributed by atoms with Gasteiger partial charge in [0, 0.05) is 11.7 Å². The third-order valence-corrected chi connectivity index (χ3v) is 4.70. The van der Waals surface area contributed by atoms with E-state index in [0.717, 1.165) is 28.4 Å². The highest BCUT2D eigenvalue weighted by Gasteiger charge is 2.39. The lowest BCUT2D eigenvalue weighted by Gasteiger charge is -2.24. The highest BCUT2D eigenvalue weighted by molar-refractivity contribution is 7.80. The van der Waals surface area contributed by atoms with Crippen LogP contribution in [0.2, 0.25) is 0 Å². The summed E-state index contributed by atoms with van der Waals surface area (Å²) < 4.78 is 5.43. The van der Waals surface area contributed by atoms with E-state index in [1.165, 1.54) is 25.7 Å². The highest BCUT2D eigenvalue weighted by atomic mass is 32.1. The van der Waals surface area contributed by atoms with Gasteiger partial charge < -0.3 is 15.4 Å². The van der Waals surface area contributed by atoms with Crippen LogP contribution in [0.4, 0.5) is 5.69 Å². The van der Waals surface area contributed by atoms with Gasteiger partial charge in [0.15, 0.2) is 5.11 Å². The first kappa shape index (κ1) is 13.7. The van der Waals surface area contributed by atoms with Crippen LogP contribution >= 0.6 is 12.2 Å². The first-order valence-electron chi connectivity index (χ1n) is 7.55. The lowest BCUT2D eigenvalue weighted by Crippen LogP contribution is -2.40. The Labute approximate surface area is 126 Å². The van der Waals surface area contributed by atoms with Gasteiger partial charge in [0.25, 0.3) is 0 Å². The van der Waals surface area contributed by atoms with Crippen LogP contribution in [-0.2, 0) is 0 Å². The van der Waals surface area contributed by atoms with Crippen molar-refractivity contribution in [3.8, 4) is 5.75 Å². The Balaban J connectivity index is 1.51. The van der Waals surface area contributed by atoms with Crippen LogP contribution in [0.25, 0.3) is 0 Å². The number of fused-ring (bicyclic) bond motifs is 2. The van der Waals surface area contributed by atoms with Gasteiger partial charge in [-0.05, 0) is 74.5 Å². The van der Waals surface area contributed by atoms with Crippen molar-refractivity contribution in [3.63, 3.8) is 0 Å². The Morgan fingerprint density at radius 2 is 2.05 bits per heavy atom. The van der Waals surface area contributed by atoms with Gasteiger partial charge in [-0.2, -0.15) is 0 Å². The minimum Gasteiger partial charge on any atom is -0.494 e. The fourth-order valence-corrected chi connectivity index (χ4v) is 3.83. The number of ether oxygens (including phenoxy) is 1.